The van der Waals surface area contributed by atoms with Crippen molar-refractivity contribution in [1.82, 2.24) is 0 Å². The number of nitrogens with zero attached hydrogens (tertiary/aromatic N) is 1. The Balaban J connectivity index is 4.35. The molecule has 0 unspecified atom stereocenters. The zero-order chi connectivity index (χ0) is 13.3. The molecule has 0 bridgehead atoms. The van der Waals surface area contributed by atoms with E-state index in [4.69, 9.17) is 5.26 Å². The predicted molar refractivity (Wildman–Crippen MR) is 63.8 cm³/mol. The van der Waals surface area contributed by atoms with Crippen LogP contribution in [0.25, 0.3) is 0 Å². The van der Waals surface area contributed by atoms with Gasteiger partial charge in [-0.3, -0.25) is 4.79 Å². The minimum Gasteiger partial charge on any atom is -0.460 e. The molecule has 0 aromatic heterocycles. The van der Waals surface area contributed by atoms with Crippen LogP contribution >= 0.6 is 0 Å². The molecule has 0 aliphatic heterocycles. The number of hydrogen-bond donors (Lipinski definition) is 0. The monoisotopic (exact) mass is 231 g/mol. The van der Waals surface area contributed by atoms with Crippen LogP contribution in [0.1, 0.15) is 6.92 Å². The first-order chi connectivity index (χ1) is 8.01. The van der Waals surface area contributed by atoms with Gasteiger partial charge in [0.1, 0.15) is 0 Å². The summed E-state index contributed by atoms with van der Waals surface area (Å²) in [6, 6.07) is 1.83. The summed E-state index contributed by atoms with van der Waals surface area (Å²) in [4.78, 5) is 22.1. The molecule has 0 aromatic rings. The Morgan fingerprint density at radius 3 is 2.35 bits per heavy atom. The molecule has 0 saturated heterocycles. The highest BCUT2D eigenvalue weighted by molar-refractivity contribution is 6.38. The molecular formula is C13H13NO3. The maximum Gasteiger partial charge on any atom is 0.379 e. The molecule has 0 N–H and O–H groups in total. The van der Waals surface area contributed by atoms with Gasteiger partial charge in [0.15, 0.2) is 0 Å². The van der Waals surface area contributed by atoms with Crippen LogP contribution in [0.5, 0.6) is 0 Å². The first-order valence-electron chi connectivity index (χ1n) is 4.86. The fraction of sp³-hybridized carbons (Fsp3) is 0.154. The standard InChI is InChI=1S/C13H13NO3/c1-4-17-13(16)12(15)8-7-10(2)5-6-11(3)9-14/h5-8H,2-4H2,1H3/b6-5-,8-7+. The Kier molecular flexibility index (Phi) is 6.72. The molecule has 88 valence electrons. The van der Waals surface area contributed by atoms with Crippen LogP contribution in [0, 0.1) is 11.3 Å². The van der Waals surface area contributed by atoms with Gasteiger partial charge in [0.25, 0.3) is 5.78 Å². The number of esters is 1. The maximum atomic E-state index is 11.1. The highest BCUT2D eigenvalue weighted by Gasteiger charge is 2.09. The lowest BCUT2D eigenvalue weighted by atomic mass is 10.2. The van der Waals surface area contributed by atoms with Crippen LogP contribution < -0.4 is 0 Å². The highest BCUT2D eigenvalue weighted by atomic mass is 16.5. The van der Waals surface area contributed by atoms with Crippen LogP contribution in [-0.4, -0.2) is 18.4 Å². The van der Waals surface area contributed by atoms with E-state index in [0.29, 0.717) is 5.57 Å². The number of allylic oxidation sites excluding steroid dienone is 5. The molecule has 4 nitrogen and oxygen atoms in total. The van der Waals surface area contributed by atoms with Crippen LogP contribution in [0.15, 0.2) is 48.6 Å². The van der Waals surface area contributed by atoms with Crippen molar-refractivity contribution >= 4 is 11.8 Å². The van der Waals surface area contributed by atoms with Crippen LogP contribution in [0.3, 0.4) is 0 Å². The van der Waals surface area contributed by atoms with Crippen LogP contribution in [0.2, 0.25) is 0 Å². The van der Waals surface area contributed by atoms with Crippen LogP contribution in [0.4, 0.5) is 0 Å². The third-order valence-electron chi connectivity index (χ3n) is 1.57. The Labute approximate surface area is 100 Å². The van der Waals surface area contributed by atoms with E-state index >= 15 is 0 Å². The molecule has 0 atom stereocenters. The molecule has 0 amide bonds. The first-order valence-corrected chi connectivity index (χ1v) is 4.86. The van der Waals surface area contributed by atoms with Gasteiger partial charge in [-0.1, -0.05) is 25.3 Å². The summed E-state index contributed by atoms with van der Waals surface area (Å²) >= 11 is 0. The predicted octanol–water partition coefficient (Wildman–Crippen LogP) is 1.87. The van der Waals surface area contributed by atoms with E-state index in [0.717, 1.165) is 6.08 Å². The van der Waals surface area contributed by atoms with Crippen molar-refractivity contribution in [2.45, 2.75) is 6.92 Å². The summed E-state index contributed by atoms with van der Waals surface area (Å²) in [5.41, 5.74) is 0.746. The van der Waals surface area contributed by atoms with Crippen molar-refractivity contribution in [3.8, 4) is 6.07 Å². The number of hydrogen-bond acceptors (Lipinski definition) is 4. The summed E-state index contributed by atoms with van der Waals surface area (Å²) in [7, 11) is 0. The third-order valence-corrected chi connectivity index (χ3v) is 1.57. The van der Waals surface area contributed by atoms with E-state index in [-0.39, 0.29) is 12.2 Å². The lowest BCUT2D eigenvalue weighted by molar-refractivity contribution is -0.151. The number of ketones is 1. The maximum absolute atomic E-state index is 11.1. The Hall–Kier alpha value is -2.41. The first kappa shape index (κ1) is 14.6. The summed E-state index contributed by atoms with van der Waals surface area (Å²) in [5.74, 6) is -1.65. The van der Waals surface area contributed by atoms with E-state index in [1.54, 1.807) is 6.92 Å². The lowest BCUT2D eigenvalue weighted by Gasteiger charge is -1.95. The molecule has 0 aliphatic rings. The van der Waals surface area contributed by atoms with Gasteiger partial charge in [0.2, 0.25) is 0 Å². The van der Waals surface area contributed by atoms with Gasteiger partial charge in [-0.2, -0.15) is 5.26 Å². The van der Waals surface area contributed by atoms with Gasteiger partial charge in [0, 0.05) is 5.57 Å². The van der Waals surface area contributed by atoms with Gasteiger partial charge in [-0.05, 0) is 24.6 Å². The molecule has 0 saturated carbocycles. The van der Waals surface area contributed by atoms with Crippen molar-refractivity contribution in [3.63, 3.8) is 0 Å². The third kappa shape index (κ3) is 6.63. The molecule has 0 rings (SSSR count). The smallest absolute Gasteiger partial charge is 0.379 e. The quantitative estimate of drug-likeness (QED) is 0.230. The molecule has 0 radical (unpaired) electrons. The van der Waals surface area contributed by atoms with Gasteiger partial charge in [0.05, 0.1) is 12.7 Å². The largest absolute Gasteiger partial charge is 0.460 e. The summed E-state index contributed by atoms with van der Waals surface area (Å²) < 4.78 is 4.51. The van der Waals surface area contributed by atoms with Crippen molar-refractivity contribution in [1.29, 1.82) is 5.26 Å². The fourth-order valence-electron chi connectivity index (χ4n) is 0.753. The van der Waals surface area contributed by atoms with E-state index < -0.39 is 11.8 Å². The number of carbonyl (C=O) groups is 2. The summed E-state index contributed by atoms with van der Waals surface area (Å²) in [6.45, 7) is 8.82. The lowest BCUT2D eigenvalue weighted by Crippen LogP contribution is -2.14. The normalized spacial score (nSPS) is 10.1. The number of ether oxygens (including phenoxy) is 1. The van der Waals surface area contributed by atoms with Crippen molar-refractivity contribution < 1.29 is 14.3 Å². The summed E-state index contributed by atoms with van der Waals surface area (Å²) in [5, 5.41) is 8.43. The second kappa shape index (κ2) is 7.83. The number of nitriles is 1. The topological polar surface area (TPSA) is 67.2 Å². The van der Waals surface area contributed by atoms with Crippen molar-refractivity contribution in [2.75, 3.05) is 6.61 Å². The second-order valence-corrected chi connectivity index (χ2v) is 2.96. The molecule has 0 aromatic carbocycles. The van der Waals surface area contributed by atoms with Gasteiger partial charge in [-0.25, -0.2) is 4.79 Å². The minimum atomic E-state index is -0.901. The Bertz CT molecular complexity index is 436. The zero-order valence-electron chi connectivity index (χ0n) is 9.60. The van der Waals surface area contributed by atoms with E-state index in [9.17, 15) is 9.59 Å². The number of rotatable bonds is 6. The average Bonchev–Trinajstić information content (AvgIpc) is 2.32. The zero-order valence-corrected chi connectivity index (χ0v) is 9.60. The molecule has 0 aliphatic carbocycles. The van der Waals surface area contributed by atoms with Crippen molar-refractivity contribution in [3.05, 3.63) is 48.6 Å². The second-order valence-electron chi connectivity index (χ2n) is 2.96. The Morgan fingerprint density at radius 2 is 1.82 bits per heavy atom. The molecule has 0 fully saturated rings. The van der Waals surface area contributed by atoms with E-state index in [2.05, 4.69) is 17.9 Å². The summed E-state index contributed by atoms with van der Waals surface area (Å²) in [6.07, 6.45) is 5.40. The van der Waals surface area contributed by atoms with Gasteiger partial charge < -0.3 is 4.74 Å². The van der Waals surface area contributed by atoms with E-state index in [1.807, 2.05) is 6.07 Å². The van der Waals surface area contributed by atoms with E-state index in [1.165, 1.54) is 18.2 Å². The minimum absolute atomic E-state index is 0.154. The SMILES string of the molecule is C=C(C#N)/C=C\C(=C)/C=C/C(=O)C(=O)OCC. The molecule has 4 heteroatoms. The highest BCUT2D eigenvalue weighted by Crippen LogP contribution is 1.99. The average molecular weight is 231 g/mol. The van der Waals surface area contributed by atoms with Gasteiger partial charge in [-0.15, -0.1) is 0 Å². The van der Waals surface area contributed by atoms with Crippen molar-refractivity contribution in [2.24, 2.45) is 0 Å². The molecule has 17 heavy (non-hydrogen) atoms. The molecule has 0 heterocycles. The van der Waals surface area contributed by atoms with Crippen LogP contribution in [-0.2, 0) is 14.3 Å². The fourth-order valence-corrected chi connectivity index (χ4v) is 0.753. The van der Waals surface area contributed by atoms with Gasteiger partial charge >= 0.3 is 5.97 Å². The molecular weight excluding hydrogens is 218 g/mol. The molecule has 0 spiro atoms. The Morgan fingerprint density at radius 1 is 1.24 bits per heavy atom. The number of carbonyl (C=O) groups excluding carboxylic acids is 2.